The molecule has 2 heterocycles. The van der Waals surface area contributed by atoms with Crippen LogP contribution in [0.2, 0.25) is 5.02 Å². The highest BCUT2D eigenvalue weighted by atomic mass is 35.5. The van der Waals surface area contributed by atoms with Gasteiger partial charge in [-0.25, -0.2) is 0 Å². The van der Waals surface area contributed by atoms with Crippen molar-refractivity contribution in [1.82, 2.24) is 10.2 Å². The number of amides is 2. The molecule has 6 heteroatoms. The Hall–Kier alpha value is -1.59. The van der Waals surface area contributed by atoms with Crippen LogP contribution in [0.15, 0.2) is 18.2 Å². The maximum Gasteiger partial charge on any atom is 0.256 e. The van der Waals surface area contributed by atoms with E-state index in [1.807, 2.05) is 4.90 Å². The Kier molecular flexibility index (Phi) is 4.46. The maximum absolute atomic E-state index is 12.8. The minimum atomic E-state index is -0.0392. The lowest BCUT2D eigenvalue weighted by atomic mass is 9.91. The number of halogens is 1. The summed E-state index contributed by atoms with van der Waals surface area (Å²) in [4.78, 5) is 27.4. The van der Waals surface area contributed by atoms with Crippen molar-refractivity contribution in [2.45, 2.75) is 32.1 Å². The zero-order valence-corrected chi connectivity index (χ0v) is 15.1. The van der Waals surface area contributed by atoms with E-state index in [1.165, 1.54) is 0 Å². The lowest BCUT2D eigenvalue weighted by molar-refractivity contribution is -0.118. The van der Waals surface area contributed by atoms with Crippen LogP contribution in [0.3, 0.4) is 0 Å². The molecule has 1 saturated carbocycles. The third-order valence-electron chi connectivity index (χ3n) is 5.97. The fraction of sp³-hybridized carbons (Fsp3) is 0.579. The van der Waals surface area contributed by atoms with Gasteiger partial charge in [-0.1, -0.05) is 11.6 Å². The fourth-order valence-corrected chi connectivity index (χ4v) is 4.48. The van der Waals surface area contributed by atoms with Crippen molar-refractivity contribution < 1.29 is 9.59 Å². The van der Waals surface area contributed by atoms with Crippen LogP contribution >= 0.6 is 11.6 Å². The van der Waals surface area contributed by atoms with Gasteiger partial charge < -0.3 is 15.5 Å². The van der Waals surface area contributed by atoms with Gasteiger partial charge in [-0.3, -0.25) is 9.59 Å². The maximum atomic E-state index is 12.8. The number of carbonyl (C=O) groups is 2. The second-order valence-corrected chi connectivity index (χ2v) is 7.98. The number of hydrogen-bond donors (Lipinski definition) is 2. The molecule has 3 aliphatic rings. The molecule has 3 fully saturated rings. The van der Waals surface area contributed by atoms with Crippen molar-refractivity contribution in [3.63, 3.8) is 0 Å². The normalized spacial score (nSPS) is 24.4. The van der Waals surface area contributed by atoms with E-state index in [0.29, 0.717) is 16.3 Å². The summed E-state index contributed by atoms with van der Waals surface area (Å²) in [6.45, 7) is 3.53. The first kappa shape index (κ1) is 16.9. The minimum Gasteiger partial charge on any atom is -0.339 e. The van der Waals surface area contributed by atoms with Gasteiger partial charge in [-0.15, -0.1) is 0 Å². The van der Waals surface area contributed by atoms with Crippen LogP contribution in [-0.2, 0) is 4.79 Å². The molecule has 0 aromatic heterocycles. The third kappa shape index (κ3) is 3.27. The fourth-order valence-electron chi connectivity index (χ4n) is 4.31. The molecule has 2 aliphatic heterocycles. The predicted octanol–water partition coefficient (Wildman–Crippen LogP) is 2.90. The van der Waals surface area contributed by atoms with Gasteiger partial charge in [0.15, 0.2) is 0 Å². The van der Waals surface area contributed by atoms with Crippen molar-refractivity contribution in [2.24, 2.45) is 11.3 Å². The molecule has 4 rings (SSSR count). The van der Waals surface area contributed by atoms with Crippen LogP contribution in [0.25, 0.3) is 0 Å². The molecular formula is C19H24ClN3O2. The Morgan fingerprint density at radius 3 is 2.64 bits per heavy atom. The van der Waals surface area contributed by atoms with E-state index in [0.717, 1.165) is 58.3 Å². The lowest BCUT2D eigenvalue weighted by Crippen LogP contribution is -2.32. The molecule has 1 aromatic rings. The Morgan fingerprint density at radius 2 is 1.92 bits per heavy atom. The van der Waals surface area contributed by atoms with Gasteiger partial charge >= 0.3 is 0 Å². The van der Waals surface area contributed by atoms with Gasteiger partial charge in [0.25, 0.3) is 5.91 Å². The molecule has 1 spiro atoms. The van der Waals surface area contributed by atoms with Crippen molar-refractivity contribution in [3.05, 3.63) is 28.8 Å². The average Bonchev–Trinajstić information content (AvgIpc) is 3.06. The van der Waals surface area contributed by atoms with Crippen molar-refractivity contribution in [3.8, 4) is 0 Å². The molecule has 1 atom stereocenters. The summed E-state index contributed by atoms with van der Waals surface area (Å²) in [6, 6.07) is 5.15. The standard InChI is InChI=1S/C19H24ClN3O2/c20-13-3-4-16(14(11-13)18(25)23-9-1-2-10-23)22-17(24)15-12-19(15)5-7-21-8-6-19/h3-4,11,15,21H,1-2,5-10,12H2,(H,22,24). The molecule has 1 unspecified atom stereocenters. The Morgan fingerprint density at radius 1 is 1.20 bits per heavy atom. The van der Waals surface area contributed by atoms with Crippen LogP contribution < -0.4 is 10.6 Å². The van der Waals surface area contributed by atoms with E-state index >= 15 is 0 Å². The zero-order chi connectivity index (χ0) is 17.4. The SMILES string of the molecule is O=C(Nc1ccc(Cl)cc1C(=O)N1CCCC1)C1CC12CCNCC2. The van der Waals surface area contributed by atoms with Crippen LogP contribution in [0, 0.1) is 11.3 Å². The first-order chi connectivity index (χ1) is 12.1. The molecule has 0 radical (unpaired) electrons. The lowest BCUT2D eigenvalue weighted by Gasteiger charge is -2.23. The van der Waals surface area contributed by atoms with E-state index < -0.39 is 0 Å². The van der Waals surface area contributed by atoms with Crippen molar-refractivity contribution in [1.29, 1.82) is 0 Å². The minimum absolute atomic E-state index is 0.0392. The highest BCUT2D eigenvalue weighted by Crippen LogP contribution is 2.58. The van der Waals surface area contributed by atoms with Crippen molar-refractivity contribution in [2.75, 3.05) is 31.5 Å². The second kappa shape index (κ2) is 6.61. The van der Waals surface area contributed by atoms with Crippen LogP contribution in [-0.4, -0.2) is 42.9 Å². The third-order valence-corrected chi connectivity index (χ3v) is 6.20. The highest BCUT2D eigenvalue weighted by molar-refractivity contribution is 6.31. The molecule has 25 heavy (non-hydrogen) atoms. The van der Waals surface area contributed by atoms with E-state index in [4.69, 9.17) is 11.6 Å². The monoisotopic (exact) mass is 361 g/mol. The number of benzene rings is 1. The Labute approximate surface area is 153 Å². The van der Waals surface area contributed by atoms with Gasteiger partial charge in [0.05, 0.1) is 11.3 Å². The van der Waals surface area contributed by atoms with Crippen LogP contribution in [0.1, 0.15) is 42.5 Å². The number of hydrogen-bond acceptors (Lipinski definition) is 3. The largest absolute Gasteiger partial charge is 0.339 e. The van der Waals surface area contributed by atoms with Gasteiger partial charge in [-0.2, -0.15) is 0 Å². The van der Waals surface area contributed by atoms with E-state index in [2.05, 4.69) is 10.6 Å². The molecule has 2 N–H and O–H groups in total. The summed E-state index contributed by atoms with van der Waals surface area (Å²) >= 11 is 6.11. The van der Waals surface area contributed by atoms with E-state index in [1.54, 1.807) is 18.2 Å². The van der Waals surface area contributed by atoms with E-state index in [-0.39, 0.29) is 23.1 Å². The molecule has 1 aliphatic carbocycles. The summed E-state index contributed by atoms with van der Waals surface area (Å²) in [5.41, 5.74) is 1.27. The zero-order valence-electron chi connectivity index (χ0n) is 14.3. The van der Waals surface area contributed by atoms with Crippen LogP contribution in [0.4, 0.5) is 5.69 Å². The molecular weight excluding hydrogens is 338 g/mol. The first-order valence-electron chi connectivity index (χ1n) is 9.19. The summed E-state index contributed by atoms with van der Waals surface area (Å²) in [6.07, 6.45) is 5.15. The quantitative estimate of drug-likeness (QED) is 0.870. The average molecular weight is 362 g/mol. The number of carbonyl (C=O) groups excluding carboxylic acids is 2. The Balaban J connectivity index is 1.50. The first-order valence-corrected chi connectivity index (χ1v) is 9.57. The van der Waals surface area contributed by atoms with Crippen LogP contribution in [0.5, 0.6) is 0 Å². The number of piperidine rings is 1. The van der Waals surface area contributed by atoms with E-state index in [9.17, 15) is 9.59 Å². The number of nitrogens with one attached hydrogen (secondary N) is 2. The topological polar surface area (TPSA) is 61.4 Å². The highest BCUT2D eigenvalue weighted by Gasteiger charge is 2.57. The summed E-state index contributed by atoms with van der Waals surface area (Å²) in [5, 5.41) is 6.88. The second-order valence-electron chi connectivity index (χ2n) is 7.55. The van der Waals surface area contributed by atoms with Crippen molar-refractivity contribution >= 4 is 29.1 Å². The molecule has 0 bridgehead atoms. The van der Waals surface area contributed by atoms with Gasteiger partial charge in [0, 0.05) is 24.0 Å². The Bertz CT molecular complexity index is 694. The summed E-state index contributed by atoms with van der Waals surface area (Å²) < 4.78 is 0. The number of likely N-dealkylation sites (tertiary alicyclic amines) is 1. The number of nitrogens with zero attached hydrogens (tertiary/aromatic N) is 1. The smallest absolute Gasteiger partial charge is 0.256 e. The number of rotatable bonds is 3. The summed E-state index contributed by atoms with van der Waals surface area (Å²) in [5.74, 6) is 0.0717. The van der Waals surface area contributed by atoms with Gasteiger partial charge in [-0.05, 0) is 68.8 Å². The molecule has 1 aromatic carbocycles. The molecule has 2 amide bonds. The number of anilines is 1. The summed E-state index contributed by atoms with van der Waals surface area (Å²) in [7, 11) is 0. The molecule has 134 valence electrons. The molecule has 2 saturated heterocycles. The van der Waals surface area contributed by atoms with Gasteiger partial charge in [0.1, 0.15) is 0 Å². The predicted molar refractivity (Wildman–Crippen MR) is 97.9 cm³/mol. The van der Waals surface area contributed by atoms with Gasteiger partial charge in [0.2, 0.25) is 5.91 Å². The molecule has 5 nitrogen and oxygen atoms in total.